The second kappa shape index (κ2) is 6.41. The van der Waals surface area contributed by atoms with Gasteiger partial charge in [-0.05, 0) is 24.1 Å². The summed E-state index contributed by atoms with van der Waals surface area (Å²) in [4.78, 5) is 26.9. The van der Waals surface area contributed by atoms with Crippen molar-refractivity contribution in [1.29, 1.82) is 0 Å². The normalized spacial score (nSPS) is 15.1. The Bertz CT molecular complexity index is 476. The van der Waals surface area contributed by atoms with Crippen molar-refractivity contribution in [3.63, 3.8) is 0 Å². The smallest absolute Gasteiger partial charge is 0.321 e. The van der Waals surface area contributed by atoms with E-state index in [-0.39, 0.29) is 11.9 Å². The summed E-state index contributed by atoms with van der Waals surface area (Å²) in [7, 11) is 0. The third-order valence-electron chi connectivity index (χ3n) is 3.63. The second-order valence-electron chi connectivity index (χ2n) is 4.97. The number of nitrogens with one attached hydrogen (secondary N) is 1. The predicted octanol–water partition coefficient (Wildman–Crippen LogP) is 1.94. The minimum absolute atomic E-state index is 0.0696. The van der Waals surface area contributed by atoms with Gasteiger partial charge in [-0.15, -0.1) is 0 Å². The van der Waals surface area contributed by atoms with Crippen LogP contribution in [0.3, 0.4) is 0 Å². The largest absolute Gasteiger partial charge is 0.339 e. The van der Waals surface area contributed by atoms with Crippen molar-refractivity contribution < 1.29 is 9.59 Å². The average molecular weight is 275 g/mol. The molecule has 0 unspecified atom stereocenters. The molecule has 1 N–H and O–H groups in total. The number of nitrogens with zero attached hydrogens (tertiary/aromatic N) is 2. The fourth-order valence-corrected chi connectivity index (χ4v) is 2.25. The molecule has 0 spiro atoms. The number of carbonyl (C=O) groups is 2. The highest BCUT2D eigenvalue weighted by Gasteiger charge is 2.22. The van der Waals surface area contributed by atoms with Gasteiger partial charge in [0, 0.05) is 38.8 Å². The standard InChI is InChI=1S/C15H21N3O2/c1-3-13-4-6-14(7-5-13)16-15(20)18-10-8-17(9-11-18)12(2)19/h4-7H,3,8-11H2,1-2H3,(H,16,20). The minimum atomic E-state index is -0.0996. The molecule has 0 bridgehead atoms. The molecule has 0 saturated carbocycles. The van der Waals surface area contributed by atoms with Crippen LogP contribution in [0.1, 0.15) is 19.4 Å². The van der Waals surface area contributed by atoms with Crippen molar-refractivity contribution in [2.45, 2.75) is 20.3 Å². The van der Waals surface area contributed by atoms with Gasteiger partial charge < -0.3 is 15.1 Å². The molecule has 5 nitrogen and oxygen atoms in total. The summed E-state index contributed by atoms with van der Waals surface area (Å²) in [5.41, 5.74) is 2.05. The van der Waals surface area contributed by atoms with Crippen molar-refractivity contribution in [3.05, 3.63) is 29.8 Å². The number of amides is 3. The zero-order valence-corrected chi connectivity index (χ0v) is 12.1. The van der Waals surface area contributed by atoms with E-state index >= 15 is 0 Å². The van der Waals surface area contributed by atoms with Gasteiger partial charge in [-0.25, -0.2) is 4.79 Å². The van der Waals surface area contributed by atoms with Gasteiger partial charge in [-0.1, -0.05) is 19.1 Å². The van der Waals surface area contributed by atoms with Crippen LogP contribution in [-0.4, -0.2) is 47.9 Å². The molecule has 1 aromatic carbocycles. The first kappa shape index (κ1) is 14.4. The van der Waals surface area contributed by atoms with Crippen molar-refractivity contribution in [3.8, 4) is 0 Å². The summed E-state index contributed by atoms with van der Waals surface area (Å²) < 4.78 is 0. The summed E-state index contributed by atoms with van der Waals surface area (Å²) in [5, 5.41) is 2.89. The van der Waals surface area contributed by atoms with Crippen LogP contribution < -0.4 is 5.32 Å². The van der Waals surface area contributed by atoms with E-state index in [1.165, 1.54) is 5.56 Å². The summed E-state index contributed by atoms with van der Waals surface area (Å²) in [6.07, 6.45) is 0.987. The van der Waals surface area contributed by atoms with Crippen LogP contribution in [0.2, 0.25) is 0 Å². The first-order chi connectivity index (χ1) is 9.60. The van der Waals surface area contributed by atoms with Crippen LogP contribution in [0.5, 0.6) is 0 Å². The molecule has 1 aliphatic rings. The van der Waals surface area contributed by atoms with E-state index in [4.69, 9.17) is 0 Å². The summed E-state index contributed by atoms with van der Waals surface area (Å²) in [6, 6.07) is 7.77. The number of hydrogen-bond donors (Lipinski definition) is 1. The number of benzene rings is 1. The third kappa shape index (κ3) is 3.50. The molecule has 3 amide bonds. The molecule has 1 aromatic rings. The first-order valence-corrected chi connectivity index (χ1v) is 7.00. The molecule has 20 heavy (non-hydrogen) atoms. The van der Waals surface area contributed by atoms with Crippen LogP contribution >= 0.6 is 0 Å². The van der Waals surface area contributed by atoms with Crippen molar-refractivity contribution >= 4 is 17.6 Å². The van der Waals surface area contributed by atoms with Crippen LogP contribution in [0.15, 0.2) is 24.3 Å². The predicted molar refractivity (Wildman–Crippen MR) is 78.7 cm³/mol. The van der Waals surface area contributed by atoms with E-state index < -0.39 is 0 Å². The van der Waals surface area contributed by atoms with E-state index in [0.717, 1.165) is 12.1 Å². The highest BCUT2D eigenvalue weighted by Crippen LogP contribution is 2.11. The second-order valence-corrected chi connectivity index (χ2v) is 4.97. The molecule has 1 heterocycles. The highest BCUT2D eigenvalue weighted by molar-refractivity contribution is 5.89. The zero-order valence-electron chi connectivity index (χ0n) is 12.1. The molecule has 0 aliphatic carbocycles. The Morgan fingerprint density at radius 1 is 1.05 bits per heavy atom. The fraction of sp³-hybridized carbons (Fsp3) is 0.467. The quantitative estimate of drug-likeness (QED) is 0.897. The first-order valence-electron chi connectivity index (χ1n) is 7.00. The maximum absolute atomic E-state index is 12.1. The number of hydrogen-bond acceptors (Lipinski definition) is 2. The van der Waals surface area contributed by atoms with Crippen molar-refractivity contribution in [2.75, 3.05) is 31.5 Å². The third-order valence-corrected chi connectivity index (χ3v) is 3.63. The monoisotopic (exact) mass is 275 g/mol. The molecule has 0 radical (unpaired) electrons. The number of urea groups is 1. The van der Waals surface area contributed by atoms with Gasteiger partial charge in [0.1, 0.15) is 0 Å². The van der Waals surface area contributed by atoms with Crippen LogP contribution in [0, 0.1) is 0 Å². The van der Waals surface area contributed by atoms with E-state index in [1.807, 2.05) is 24.3 Å². The van der Waals surface area contributed by atoms with E-state index in [1.54, 1.807) is 16.7 Å². The molecule has 1 saturated heterocycles. The summed E-state index contributed by atoms with van der Waals surface area (Å²) >= 11 is 0. The molecule has 2 rings (SSSR count). The van der Waals surface area contributed by atoms with Gasteiger partial charge in [0.15, 0.2) is 0 Å². The Morgan fingerprint density at radius 3 is 2.10 bits per heavy atom. The van der Waals surface area contributed by atoms with Gasteiger partial charge in [0.05, 0.1) is 0 Å². The van der Waals surface area contributed by atoms with Crippen molar-refractivity contribution in [1.82, 2.24) is 9.80 Å². The molecule has 0 atom stereocenters. The lowest BCUT2D eigenvalue weighted by Gasteiger charge is -2.34. The van der Waals surface area contributed by atoms with E-state index in [2.05, 4.69) is 12.2 Å². The molecule has 1 fully saturated rings. The Morgan fingerprint density at radius 2 is 1.60 bits per heavy atom. The number of aryl methyl sites for hydroxylation is 1. The van der Waals surface area contributed by atoms with Crippen LogP contribution in [-0.2, 0) is 11.2 Å². The summed E-state index contributed by atoms with van der Waals surface area (Å²) in [5.74, 6) is 0.0696. The number of carbonyl (C=O) groups excluding carboxylic acids is 2. The lowest BCUT2D eigenvalue weighted by atomic mass is 10.1. The maximum atomic E-state index is 12.1. The van der Waals surface area contributed by atoms with Gasteiger partial charge >= 0.3 is 6.03 Å². The number of anilines is 1. The van der Waals surface area contributed by atoms with Gasteiger partial charge in [0.2, 0.25) is 5.91 Å². The molecular weight excluding hydrogens is 254 g/mol. The Balaban J connectivity index is 1.87. The number of piperazine rings is 1. The topological polar surface area (TPSA) is 52.7 Å². The van der Waals surface area contributed by atoms with Gasteiger partial charge in [-0.3, -0.25) is 4.79 Å². The molecular formula is C15H21N3O2. The van der Waals surface area contributed by atoms with Gasteiger partial charge in [0.25, 0.3) is 0 Å². The number of rotatable bonds is 2. The summed E-state index contributed by atoms with van der Waals surface area (Å²) in [6.45, 7) is 6.04. The molecule has 1 aliphatic heterocycles. The SMILES string of the molecule is CCc1ccc(NC(=O)N2CCN(C(C)=O)CC2)cc1. The van der Waals surface area contributed by atoms with Crippen molar-refractivity contribution in [2.24, 2.45) is 0 Å². The average Bonchev–Trinajstić information content (AvgIpc) is 2.48. The highest BCUT2D eigenvalue weighted by atomic mass is 16.2. The maximum Gasteiger partial charge on any atom is 0.321 e. The van der Waals surface area contributed by atoms with E-state index in [9.17, 15) is 9.59 Å². The van der Waals surface area contributed by atoms with Crippen LogP contribution in [0.25, 0.3) is 0 Å². The fourth-order valence-electron chi connectivity index (χ4n) is 2.25. The van der Waals surface area contributed by atoms with E-state index in [0.29, 0.717) is 26.2 Å². The Labute approximate surface area is 119 Å². The zero-order chi connectivity index (χ0) is 14.5. The lowest BCUT2D eigenvalue weighted by molar-refractivity contribution is -0.130. The van der Waals surface area contributed by atoms with Crippen LogP contribution in [0.4, 0.5) is 10.5 Å². The lowest BCUT2D eigenvalue weighted by Crippen LogP contribution is -2.51. The van der Waals surface area contributed by atoms with Gasteiger partial charge in [-0.2, -0.15) is 0 Å². The molecule has 108 valence electrons. The molecule has 5 heteroatoms. The minimum Gasteiger partial charge on any atom is -0.339 e. The molecule has 0 aromatic heterocycles. The Kier molecular flexibility index (Phi) is 4.61. The Hall–Kier alpha value is -2.04.